The molecule has 4 rings (SSSR count). The van der Waals surface area contributed by atoms with E-state index < -0.39 is 0 Å². The van der Waals surface area contributed by atoms with Gasteiger partial charge in [0.1, 0.15) is 12.6 Å². The minimum Gasteiger partial charge on any atom is -0.358 e. The first-order valence-corrected chi connectivity index (χ1v) is 12.0. The highest BCUT2D eigenvalue weighted by Gasteiger charge is 2.40. The molecule has 3 aliphatic rings. The largest absolute Gasteiger partial charge is 0.358 e. The molecule has 9 nitrogen and oxygen atoms in total. The molecule has 1 aromatic rings. The van der Waals surface area contributed by atoms with Gasteiger partial charge in [-0.2, -0.15) is 0 Å². The van der Waals surface area contributed by atoms with Gasteiger partial charge in [0.15, 0.2) is 0 Å². The van der Waals surface area contributed by atoms with E-state index in [2.05, 4.69) is 27.1 Å². The van der Waals surface area contributed by atoms with Gasteiger partial charge in [0.05, 0.1) is 11.4 Å². The Bertz CT molecular complexity index is 896. The van der Waals surface area contributed by atoms with Crippen LogP contribution in [0.2, 0.25) is 0 Å². The Kier molecular flexibility index (Phi) is 7.19. The van der Waals surface area contributed by atoms with Crippen molar-refractivity contribution in [2.45, 2.75) is 25.3 Å². The van der Waals surface area contributed by atoms with Crippen LogP contribution in [-0.2, 0) is 9.59 Å². The zero-order valence-electron chi connectivity index (χ0n) is 20.0. The average molecular weight is 457 g/mol. The molecule has 0 aromatic heterocycles. The highest BCUT2D eigenvalue weighted by atomic mass is 16.2. The molecule has 3 amide bonds. The van der Waals surface area contributed by atoms with Crippen molar-refractivity contribution >= 4 is 29.1 Å². The second-order valence-electron chi connectivity index (χ2n) is 9.53. The third-order valence-corrected chi connectivity index (χ3v) is 6.93. The number of carbonyl (C=O) groups excluding carboxylic acids is 3. The van der Waals surface area contributed by atoms with Gasteiger partial charge >= 0.3 is 0 Å². The Hall–Kier alpha value is -2.65. The second kappa shape index (κ2) is 10.1. The molecule has 1 N–H and O–H groups in total. The monoisotopic (exact) mass is 456 g/mol. The fourth-order valence-electron chi connectivity index (χ4n) is 4.94. The zero-order chi connectivity index (χ0) is 23.5. The van der Waals surface area contributed by atoms with Crippen LogP contribution in [0.1, 0.15) is 29.6 Å². The number of hydrogen-bond acceptors (Lipinski definition) is 6. The van der Waals surface area contributed by atoms with Crippen molar-refractivity contribution < 1.29 is 14.4 Å². The zero-order valence-corrected chi connectivity index (χ0v) is 20.0. The third-order valence-electron chi connectivity index (χ3n) is 6.93. The van der Waals surface area contributed by atoms with E-state index in [-0.39, 0.29) is 30.3 Å². The lowest BCUT2D eigenvalue weighted by Crippen LogP contribution is -2.57. The number of rotatable bonds is 6. The minimum atomic E-state index is -0.236. The Morgan fingerprint density at radius 1 is 1.06 bits per heavy atom. The maximum absolute atomic E-state index is 13.4. The second-order valence-corrected chi connectivity index (χ2v) is 9.53. The van der Waals surface area contributed by atoms with Crippen molar-refractivity contribution in [2.75, 3.05) is 83.3 Å². The van der Waals surface area contributed by atoms with E-state index in [1.54, 1.807) is 25.1 Å². The highest BCUT2D eigenvalue weighted by molar-refractivity contribution is 6.09. The van der Waals surface area contributed by atoms with Gasteiger partial charge in [-0.1, -0.05) is 0 Å². The maximum Gasteiger partial charge on any atom is 0.253 e. The number of nitrogens with zero attached hydrogens (tertiary/aromatic N) is 5. The number of amides is 3. The topological polar surface area (TPSA) is 79.4 Å². The summed E-state index contributed by atoms with van der Waals surface area (Å²) in [6, 6.07) is 5.27. The summed E-state index contributed by atoms with van der Waals surface area (Å²) in [7, 11) is 5.54. The first-order valence-electron chi connectivity index (χ1n) is 12.0. The lowest BCUT2D eigenvalue weighted by Gasteiger charge is -2.45. The van der Waals surface area contributed by atoms with Gasteiger partial charge in [0, 0.05) is 65.5 Å². The van der Waals surface area contributed by atoms with Crippen LogP contribution >= 0.6 is 0 Å². The Balaban J connectivity index is 1.48. The number of hydrogen-bond donors (Lipinski definition) is 1. The molecule has 1 unspecified atom stereocenters. The molecule has 1 aromatic carbocycles. The normalized spacial score (nSPS) is 21.4. The molecule has 0 aliphatic carbocycles. The van der Waals surface area contributed by atoms with Crippen molar-refractivity contribution in [1.82, 2.24) is 20.0 Å². The molecule has 0 radical (unpaired) electrons. The summed E-state index contributed by atoms with van der Waals surface area (Å²) < 4.78 is 0. The van der Waals surface area contributed by atoms with Gasteiger partial charge in [-0.05, 0) is 44.5 Å². The first-order chi connectivity index (χ1) is 15.8. The number of anilines is 2. The van der Waals surface area contributed by atoms with Crippen LogP contribution < -0.4 is 15.1 Å². The fraction of sp³-hybridized carbons (Fsp3) is 0.625. The summed E-state index contributed by atoms with van der Waals surface area (Å²) in [4.78, 5) is 48.7. The van der Waals surface area contributed by atoms with E-state index in [9.17, 15) is 14.4 Å². The number of nitrogens with one attached hydrogen (secondary N) is 1. The molecule has 33 heavy (non-hydrogen) atoms. The van der Waals surface area contributed by atoms with Gasteiger partial charge in [-0.25, -0.2) is 0 Å². The highest BCUT2D eigenvalue weighted by Crippen LogP contribution is 2.40. The Morgan fingerprint density at radius 3 is 2.55 bits per heavy atom. The molecular formula is C24H36N6O3. The quantitative estimate of drug-likeness (QED) is 0.670. The van der Waals surface area contributed by atoms with Crippen molar-refractivity contribution in [3.05, 3.63) is 23.8 Å². The van der Waals surface area contributed by atoms with Crippen molar-refractivity contribution in [1.29, 1.82) is 0 Å². The Labute approximate surface area is 196 Å². The van der Waals surface area contributed by atoms with Gasteiger partial charge in [0.25, 0.3) is 5.91 Å². The molecule has 180 valence electrons. The van der Waals surface area contributed by atoms with E-state index in [1.807, 2.05) is 12.1 Å². The standard InChI is InChI=1S/C24H36N6O3/c1-26(2)23(32)18-7-8-19-21(16-18)30(24(33)20-6-4-5-10-29(19)20)17-22(31)25-9-11-28-14-12-27(3)13-15-28/h7-8,16,20H,4-6,9-15,17H2,1-3H3,(H,25,31). The smallest absolute Gasteiger partial charge is 0.253 e. The van der Waals surface area contributed by atoms with Crippen molar-refractivity contribution in [3.63, 3.8) is 0 Å². The average Bonchev–Trinajstić information content (AvgIpc) is 2.82. The van der Waals surface area contributed by atoms with Crippen LogP contribution in [0, 0.1) is 0 Å². The SMILES string of the molecule is CN1CCN(CCNC(=O)CN2C(=O)C3CCCCN3c3ccc(C(=O)N(C)C)cc32)CC1. The third kappa shape index (κ3) is 5.14. The molecule has 2 fully saturated rings. The molecule has 9 heteroatoms. The molecular weight excluding hydrogens is 420 g/mol. The predicted octanol–water partition coefficient (Wildman–Crippen LogP) is 0.458. The van der Waals surface area contributed by atoms with Crippen LogP contribution in [0.25, 0.3) is 0 Å². The minimum absolute atomic E-state index is 0.0292. The summed E-state index contributed by atoms with van der Waals surface area (Å²) in [6.45, 7) is 6.25. The number of piperazine rings is 1. The molecule has 1 atom stereocenters. The molecule has 2 saturated heterocycles. The van der Waals surface area contributed by atoms with Gasteiger partial charge < -0.3 is 20.0 Å². The summed E-state index contributed by atoms with van der Waals surface area (Å²) >= 11 is 0. The van der Waals surface area contributed by atoms with E-state index in [0.29, 0.717) is 17.8 Å². The summed E-state index contributed by atoms with van der Waals surface area (Å²) in [5.41, 5.74) is 2.10. The molecule has 0 spiro atoms. The Morgan fingerprint density at radius 2 is 1.82 bits per heavy atom. The van der Waals surface area contributed by atoms with E-state index in [4.69, 9.17) is 0 Å². The summed E-state index contributed by atoms with van der Waals surface area (Å²) in [6.07, 6.45) is 2.83. The number of carbonyl (C=O) groups is 3. The summed E-state index contributed by atoms with van der Waals surface area (Å²) in [5, 5.41) is 2.99. The fourth-order valence-corrected chi connectivity index (χ4v) is 4.94. The first kappa shape index (κ1) is 23.5. The number of fused-ring (bicyclic) bond motifs is 3. The molecule has 3 aliphatic heterocycles. The molecule has 3 heterocycles. The lowest BCUT2D eigenvalue weighted by atomic mass is 9.95. The van der Waals surface area contributed by atoms with Gasteiger partial charge in [-0.15, -0.1) is 0 Å². The van der Waals surface area contributed by atoms with E-state index in [1.165, 1.54) is 4.90 Å². The summed E-state index contributed by atoms with van der Waals surface area (Å²) in [5.74, 6) is -0.342. The predicted molar refractivity (Wildman–Crippen MR) is 129 cm³/mol. The molecule has 0 saturated carbocycles. The van der Waals surface area contributed by atoms with Crippen LogP contribution in [-0.4, -0.2) is 112 Å². The number of likely N-dealkylation sites (N-methyl/N-ethyl adjacent to an activating group) is 1. The number of benzene rings is 1. The van der Waals surface area contributed by atoms with Gasteiger partial charge in [0.2, 0.25) is 11.8 Å². The van der Waals surface area contributed by atoms with Crippen molar-refractivity contribution in [2.24, 2.45) is 0 Å². The van der Waals surface area contributed by atoms with Crippen LogP contribution in [0.4, 0.5) is 11.4 Å². The van der Waals surface area contributed by atoms with Gasteiger partial charge in [-0.3, -0.25) is 24.2 Å². The lowest BCUT2D eigenvalue weighted by molar-refractivity contribution is -0.125. The van der Waals surface area contributed by atoms with E-state index >= 15 is 0 Å². The van der Waals surface area contributed by atoms with Crippen LogP contribution in [0.3, 0.4) is 0 Å². The van der Waals surface area contributed by atoms with Crippen LogP contribution in [0.15, 0.2) is 18.2 Å². The molecule has 0 bridgehead atoms. The van der Waals surface area contributed by atoms with E-state index in [0.717, 1.165) is 64.2 Å². The van der Waals surface area contributed by atoms with Crippen LogP contribution in [0.5, 0.6) is 0 Å². The van der Waals surface area contributed by atoms with Crippen molar-refractivity contribution in [3.8, 4) is 0 Å². The maximum atomic E-state index is 13.4. The number of piperidine rings is 1.